The highest BCUT2D eigenvalue weighted by Gasteiger charge is 2.39. The summed E-state index contributed by atoms with van der Waals surface area (Å²) in [6, 6.07) is -0.696. The fourth-order valence-corrected chi connectivity index (χ4v) is 2.32. The van der Waals surface area contributed by atoms with Crippen molar-refractivity contribution in [2.75, 3.05) is 13.7 Å². The lowest BCUT2D eigenvalue weighted by Crippen LogP contribution is -2.45. The zero-order valence-electron chi connectivity index (χ0n) is 11.7. The van der Waals surface area contributed by atoms with Crippen molar-refractivity contribution in [1.82, 2.24) is 4.90 Å². The van der Waals surface area contributed by atoms with Crippen LogP contribution in [0.2, 0.25) is 0 Å². The van der Waals surface area contributed by atoms with Crippen molar-refractivity contribution < 1.29 is 23.9 Å². The summed E-state index contributed by atoms with van der Waals surface area (Å²) in [7, 11) is 1.31. The van der Waals surface area contributed by atoms with Crippen LogP contribution >= 0.6 is 0 Å². The van der Waals surface area contributed by atoms with E-state index in [9.17, 15) is 14.4 Å². The minimum absolute atomic E-state index is 0.0632. The van der Waals surface area contributed by atoms with Crippen LogP contribution in [0.3, 0.4) is 0 Å². The van der Waals surface area contributed by atoms with Gasteiger partial charge in [-0.3, -0.25) is 9.59 Å². The Kier molecular flexibility index (Phi) is 5.79. The van der Waals surface area contributed by atoms with Crippen LogP contribution in [-0.2, 0) is 23.9 Å². The minimum Gasteiger partial charge on any atom is -0.467 e. The zero-order chi connectivity index (χ0) is 14.4. The van der Waals surface area contributed by atoms with Crippen LogP contribution in [0.5, 0.6) is 0 Å². The molecule has 1 aliphatic rings. The van der Waals surface area contributed by atoms with Gasteiger partial charge in [0, 0.05) is 18.9 Å². The maximum absolute atomic E-state index is 11.8. The Morgan fingerprint density at radius 3 is 2.74 bits per heavy atom. The third-order valence-electron chi connectivity index (χ3n) is 3.28. The minimum atomic E-state index is -0.519. The predicted octanol–water partition coefficient (Wildman–Crippen LogP) is 0.882. The topological polar surface area (TPSA) is 72.9 Å². The van der Waals surface area contributed by atoms with Crippen LogP contribution in [0.4, 0.5) is 0 Å². The number of ether oxygens (including phenoxy) is 2. The summed E-state index contributed by atoms with van der Waals surface area (Å²) in [5.74, 6) is -0.740. The van der Waals surface area contributed by atoms with E-state index in [4.69, 9.17) is 9.47 Å². The normalized spacial score (nSPS) is 20.3. The SMILES string of the molecule is CCOC(=O)CCC(C)N1C(=O)CCC1C(=O)OC. The molecule has 6 heteroatoms. The van der Waals surface area contributed by atoms with Gasteiger partial charge in [-0.2, -0.15) is 0 Å². The first-order chi connectivity index (χ1) is 9.01. The van der Waals surface area contributed by atoms with Gasteiger partial charge in [-0.1, -0.05) is 0 Å². The van der Waals surface area contributed by atoms with Crippen molar-refractivity contribution >= 4 is 17.8 Å². The van der Waals surface area contributed by atoms with E-state index in [0.717, 1.165) is 0 Å². The Hall–Kier alpha value is -1.59. The number of hydrogen-bond donors (Lipinski definition) is 0. The molecule has 0 radical (unpaired) electrons. The Labute approximate surface area is 113 Å². The molecule has 0 aromatic carbocycles. The van der Waals surface area contributed by atoms with Gasteiger partial charge >= 0.3 is 11.9 Å². The molecule has 0 bridgehead atoms. The molecule has 6 nitrogen and oxygen atoms in total. The molecule has 2 unspecified atom stereocenters. The van der Waals surface area contributed by atoms with Crippen molar-refractivity contribution in [2.45, 2.75) is 51.6 Å². The number of carbonyl (C=O) groups is 3. The molecule has 0 spiro atoms. The number of nitrogens with zero attached hydrogens (tertiary/aromatic N) is 1. The Balaban J connectivity index is 2.57. The molecule has 1 heterocycles. The molecule has 1 saturated heterocycles. The standard InChI is InChI=1S/C13H21NO5/c1-4-19-12(16)8-5-9(2)14-10(13(17)18-3)6-7-11(14)15/h9-10H,4-8H2,1-3H3. The largest absolute Gasteiger partial charge is 0.467 e. The first-order valence-electron chi connectivity index (χ1n) is 6.55. The van der Waals surface area contributed by atoms with Crippen molar-refractivity contribution in [3.05, 3.63) is 0 Å². The Bertz CT molecular complexity index is 355. The van der Waals surface area contributed by atoms with E-state index in [2.05, 4.69) is 0 Å². The van der Waals surface area contributed by atoms with E-state index in [-0.39, 0.29) is 24.3 Å². The van der Waals surface area contributed by atoms with Gasteiger partial charge in [-0.25, -0.2) is 4.79 Å². The lowest BCUT2D eigenvalue weighted by atomic mass is 10.1. The van der Waals surface area contributed by atoms with Gasteiger partial charge in [0.15, 0.2) is 0 Å². The van der Waals surface area contributed by atoms with Gasteiger partial charge in [0.05, 0.1) is 13.7 Å². The van der Waals surface area contributed by atoms with E-state index in [0.29, 0.717) is 25.9 Å². The summed E-state index contributed by atoms with van der Waals surface area (Å²) >= 11 is 0. The molecule has 19 heavy (non-hydrogen) atoms. The molecule has 1 amide bonds. The van der Waals surface area contributed by atoms with E-state index < -0.39 is 12.0 Å². The van der Waals surface area contributed by atoms with Crippen LogP contribution < -0.4 is 0 Å². The van der Waals surface area contributed by atoms with Crippen molar-refractivity contribution in [3.8, 4) is 0 Å². The van der Waals surface area contributed by atoms with E-state index in [1.165, 1.54) is 12.0 Å². The number of rotatable bonds is 6. The zero-order valence-corrected chi connectivity index (χ0v) is 11.7. The van der Waals surface area contributed by atoms with Crippen molar-refractivity contribution in [3.63, 3.8) is 0 Å². The molecule has 1 rings (SSSR count). The van der Waals surface area contributed by atoms with Crippen molar-refractivity contribution in [1.29, 1.82) is 0 Å². The highest BCUT2D eigenvalue weighted by atomic mass is 16.5. The number of methoxy groups -OCH3 is 1. The predicted molar refractivity (Wildman–Crippen MR) is 67.2 cm³/mol. The maximum atomic E-state index is 11.8. The summed E-state index contributed by atoms with van der Waals surface area (Å²) in [5, 5.41) is 0. The lowest BCUT2D eigenvalue weighted by Gasteiger charge is -2.29. The molecule has 0 aromatic rings. The number of carbonyl (C=O) groups excluding carboxylic acids is 3. The lowest BCUT2D eigenvalue weighted by molar-refractivity contribution is -0.151. The maximum Gasteiger partial charge on any atom is 0.328 e. The van der Waals surface area contributed by atoms with Crippen LogP contribution in [0.15, 0.2) is 0 Å². The second-order valence-corrected chi connectivity index (χ2v) is 4.57. The molecular formula is C13H21NO5. The quantitative estimate of drug-likeness (QED) is 0.671. The molecule has 0 aliphatic carbocycles. The van der Waals surface area contributed by atoms with Gasteiger partial charge in [-0.05, 0) is 26.7 Å². The second-order valence-electron chi connectivity index (χ2n) is 4.57. The fraction of sp³-hybridized carbons (Fsp3) is 0.769. The number of amides is 1. The molecule has 0 aromatic heterocycles. The average Bonchev–Trinajstić information content (AvgIpc) is 2.77. The van der Waals surface area contributed by atoms with Crippen LogP contribution in [-0.4, -0.2) is 48.5 Å². The molecule has 0 saturated carbocycles. The number of likely N-dealkylation sites (tertiary alicyclic amines) is 1. The summed E-state index contributed by atoms with van der Waals surface area (Å²) in [5.41, 5.74) is 0. The molecule has 1 aliphatic heterocycles. The van der Waals surface area contributed by atoms with Crippen LogP contribution in [0.25, 0.3) is 0 Å². The van der Waals surface area contributed by atoms with Gasteiger partial charge in [0.25, 0.3) is 0 Å². The molecule has 2 atom stereocenters. The average molecular weight is 271 g/mol. The van der Waals surface area contributed by atoms with E-state index in [1.54, 1.807) is 6.92 Å². The monoisotopic (exact) mass is 271 g/mol. The molecule has 0 N–H and O–H groups in total. The third kappa shape index (κ3) is 3.94. The van der Waals surface area contributed by atoms with Gasteiger partial charge in [0.2, 0.25) is 5.91 Å². The summed E-state index contributed by atoms with van der Waals surface area (Å²) in [4.78, 5) is 36.3. The van der Waals surface area contributed by atoms with Gasteiger partial charge < -0.3 is 14.4 Å². The van der Waals surface area contributed by atoms with E-state index in [1.807, 2.05) is 6.92 Å². The van der Waals surface area contributed by atoms with Gasteiger partial charge in [0.1, 0.15) is 6.04 Å². The van der Waals surface area contributed by atoms with Gasteiger partial charge in [-0.15, -0.1) is 0 Å². The van der Waals surface area contributed by atoms with Crippen LogP contribution in [0, 0.1) is 0 Å². The van der Waals surface area contributed by atoms with Crippen LogP contribution in [0.1, 0.15) is 39.5 Å². The van der Waals surface area contributed by atoms with E-state index >= 15 is 0 Å². The molecule has 1 fully saturated rings. The second kappa shape index (κ2) is 7.11. The summed E-state index contributed by atoms with van der Waals surface area (Å²) in [6.07, 6.45) is 1.56. The highest BCUT2D eigenvalue weighted by molar-refractivity contribution is 5.88. The number of esters is 2. The first-order valence-corrected chi connectivity index (χ1v) is 6.55. The Morgan fingerprint density at radius 2 is 2.16 bits per heavy atom. The Morgan fingerprint density at radius 1 is 1.47 bits per heavy atom. The fourth-order valence-electron chi connectivity index (χ4n) is 2.32. The highest BCUT2D eigenvalue weighted by Crippen LogP contribution is 2.24. The van der Waals surface area contributed by atoms with Crippen molar-refractivity contribution in [2.24, 2.45) is 0 Å². The number of hydrogen-bond acceptors (Lipinski definition) is 5. The molecule has 108 valence electrons. The first kappa shape index (κ1) is 15.5. The summed E-state index contributed by atoms with van der Waals surface area (Å²) in [6.45, 7) is 3.93. The third-order valence-corrected chi connectivity index (χ3v) is 3.28. The smallest absolute Gasteiger partial charge is 0.328 e. The molecular weight excluding hydrogens is 250 g/mol. The summed E-state index contributed by atoms with van der Waals surface area (Å²) < 4.78 is 9.55.